The summed E-state index contributed by atoms with van der Waals surface area (Å²) in [6.07, 6.45) is 0.202. The highest BCUT2D eigenvalue weighted by molar-refractivity contribution is 7.91. The summed E-state index contributed by atoms with van der Waals surface area (Å²) < 4.78 is 26.9. The number of sulfone groups is 1. The Kier molecular flexibility index (Phi) is 7.43. The number of fused-ring (bicyclic) bond motifs is 1. The third-order valence-electron chi connectivity index (χ3n) is 7.19. The highest BCUT2D eigenvalue weighted by Gasteiger charge is 2.27. The number of phenolic OH excluding ortho intramolecular Hbond substituents is 3. The fourth-order valence-electron chi connectivity index (χ4n) is 4.94. The quantitative estimate of drug-likeness (QED) is 0.161. The molecule has 7 nitrogen and oxygen atoms in total. The number of benzene rings is 5. The molecule has 0 saturated carbocycles. The number of hydrogen-bond acceptors (Lipinski definition) is 6. The van der Waals surface area contributed by atoms with Crippen molar-refractivity contribution in [3.8, 4) is 17.2 Å². The first kappa shape index (κ1) is 28.7. The molecule has 0 aliphatic rings. The summed E-state index contributed by atoms with van der Waals surface area (Å²) in [5.74, 6) is -2.80. The molecule has 8 heteroatoms. The minimum absolute atomic E-state index is 0.0694. The Balaban J connectivity index is 1.40. The number of nitrogens with one attached hydrogen (secondary N) is 1. The van der Waals surface area contributed by atoms with Gasteiger partial charge in [-0.05, 0) is 63.7 Å². The summed E-state index contributed by atoms with van der Waals surface area (Å²) in [5.41, 5.74) is 1.45. The van der Waals surface area contributed by atoms with Crippen molar-refractivity contribution in [3.05, 3.63) is 119 Å². The van der Waals surface area contributed by atoms with Crippen LogP contribution in [0.5, 0.6) is 17.2 Å². The molecule has 1 amide bonds. The lowest BCUT2D eigenvalue weighted by molar-refractivity contribution is 0.102. The monoisotopic (exact) mass is 581 g/mol. The van der Waals surface area contributed by atoms with Gasteiger partial charge in [-0.1, -0.05) is 81.4 Å². The zero-order valence-electron chi connectivity index (χ0n) is 23.4. The Morgan fingerprint density at radius 2 is 1.38 bits per heavy atom. The van der Waals surface area contributed by atoms with Crippen molar-refractivity contribution >= 4 is 32.2 Å². The molecule has 5 aromatic rings. The van der Waals surface area contributed by atoms with Crippen LogP contribution in [0.3, 0.4) is 0 Å². The van der Waals surface area contributed by atoms with Gasteiger partial charge in [0.2, 0.25) is 15.6 Å². The van der Waals surface area contributed by atoms with E-state index in [0.29, 0.717) is 5.56 Å². The van der Waals surface area contributed by atoms with E-state index >= 15 is 0 Å². The highest BCUT2D eigenvalue weighted by atomic mass is 32.2. The van der Waals surface area contributed by atoms with Crippen molar-refractivity contribution in [2.45, 2.75) is 42.4 Å². The van der Waals surface area contributed by atoms with Gasteiger partial charge in [0.25, 0.3) is 5.91 Å². The number of amides is 1. The van der Waals surface area contributed by atoms with Crippen LogP contribution in [-0.2, 0) is 21.7 Å². The average Bonchev–Trinajstić information content (AvgIpc) is 2.97. The third kappa shape index (κ3) is 5.53. The first-order chi connectivity index (χ1) is 19.9. The summed E-state index contributed by atoms with van der Waals surface area (Å²) in [5, 5.41) is 36.1. The van der Waals surface area contributed by atoms with Crippen molar-refractivity contribution in [1.29, 1.82) is 0 Å². The van der Waals surface area contributed by atoms with Gasteiger partial charge in [-0.15, -0.1) is 0 Å². The van der Waals surface area contributed by atoms with E-state index < -0.39 is 33.0 Å². The lowest BCUT2D eigenvalue weighted by Crippen LogP contribution is -2.17. The summed E-state index contributed by atoms with van der Waals surface area (Å²) in [7, 11) is -3.83. The van der Waals surface area contributed by atoms with Crippen molar-refractivity contribution in [2.75, 3.05) is 5.32 Å². The number of aromatic hydroxyl groups is 3. The van der Waals surface area contributed by atoms with Crippen LogP contribution in [-0.4, -0.2) is 29.6 Å². The molecule has 4 N–H and O–H groups in total. The Morgan fingerprint density at radius 3 is 2.07 bits per heavy atom. The van der Waals surface area contributed by atoms with Crippen molar-refractivity contribution in [2.24, 2.45) is 0 Å². The molecule has 214 valence electrons. The molecule has 42 heavy (non-hydrogen) atoms. The number of carbonyl (C=O) groups is 1. The molecule has 5 rings (SSSR count). The maximum Gasteiger partial charge on any atom is 0.259 e. The van der Waals surface area contributed by atoms with E-state index in [0.717, 1.165) is 16.3 Å². The third-order valence-corrected chi connectivity index (χ3v) is 9.01. The maximum absolute atomic E-state index is 13.5. The van der Waals surface area contributed by atoms with Gasteiger partial charge < -0.3 is 20.6 Å². The second kappa shape index (κ2) is 10.9. The largest absolute Gasteiger partial charge is 0.504 e. The van der Waals surface area contributed by atoms with Gasteiger partial charge in [-0.2, -0.15) is 0 Å². The minimum atomic E-state index is -3.83. The molecule has 0 fully saturated rings. The number of anilines is 1. The first-order valence-electron chi connectivity index (χ1n) is 13.4. The second-order valence-corrected chi connectivity index (χ2v) is 13.1. The zero-order valence-corrected chi connectivity index (χ0v) is 24.2. The van der Waals surface area contributed by atoms with Crippen molar-refractivity contribution in [3.63, 3.8) is 0 Å². The van der Waals surface area contributed by atoms with Crippen LogP contribution < -0.4 is 5.32 Å². The van der Waals surface area contributed by atoms with Crippen molar-refractivity contribution < 1.29 is 28.5 Å². The zero-order chi connectivity index (χ0) is 30.2. The minimum Gasteiger partial charge on any atom is -0.504 e. The molecule has 0 aliphatic carbocycles. The molecule has 0 heterocycles. The number of rotatable bonds is 6. The maximum atomic E-state index is 13.5. The Bertz CT molecular complexity index is 1920. The van der Waals surface area contributed by atoms with Gasteiger partial charge >= 0.3 is 0 Å². The van der Waals surface area contributed by atoms with Crippen LogP contribution in [0, 0.1) is 0 Å². The van der Waals surface area contributed by atoms with Gasteiger partial charge in [0.15, 0.2) is 11.5 Å². The van der Waals surface area contributed by atoms with E-state index in [9.17, 15) is 28.5 Å². The lowest BCUT2D eigenvalue weighted by Gasteiger charge is -2.22. The SMILES string of the molecule is CC(C)(C)c1ccccc1S(=O)(=O)c1ccc(NC(=O)c2cc(Cc3ccc4ccccc4c3)c(O)c(O)c2O)cc1. The summed E-state index contributed by atoms with van der Waals surface area (Å²) >= 11 is 0. The second-order valence-electron chi connectivity index (χ2n) is 11.2. The van der Waals surface area contributed by atoms with Gasteiger partial charge in [0, 0.05) is 17.7 Å². The van der Waals surface area contributed by atoms with Gasteiger partial charge in [0.05, 0.1) is 15.4 Å². The molecule has 0 radical (unpaired) electrons. The number of hydrogen-bond donors (Lipinski definition) is 4. The van der Waals surface area contributed by atoms with Crippen LogP contribution in [0.2, 0.25) is 0 Å². The number of carbonyl (C=O) groups excluding carboxylic acids is 1. The molecule has 0 saturated heterocycles. The summed E-state index contributed by atoms with van der Waals surface area (Å²) in [6, 6.07) is 27.5. The van der Waals surface area contributed by atoms with E-state index in [2.05, 4.69) is 5.32 Å². The van der Waals surface area contributed by atoms with Gasteiger partial charge in [-0.25, -0.2) is 8.42 Å². The molecule has 0 atom stereocenters. The topological polar surface area (TPSA) is 124 Å². The molecular formula is C34H31NO6S. The molecule has 0 spiro atoms. The number of phenols is 3. The van der Waals surface area contributed by atoms with E-state index in [-0.39, 0.29) is 38.4 Å². The van der Waals surface area contributed by atoms with Crippen molar-refractivity contribution in [1.82, 2.24) is 0 Å². The molecule has 0 aliphatic heterocycles. The van der Waals surface area contributed by atoms with Crippen LogP contribution >= 0.6 is 0 Å². The highest BCUT2D eigenvalue weighted by Crippen LogP contribution is 2.41. The molecule has 0 unspecified atom stereocenters. The fraction of sp³-hybridized carbons (Fsp3) is 0.147. The average molecular weight is 582 g/mol. The Labute approximate surface area is 244 Å². The lowest BCUT2D eigenvalue weighted by atomic mass is 9.87. The smallest absolute Gasteiger partial charge is 0.259 e. The fourth-order valence-corrected chi connectivity index (χ4v) is 6.61. The first-order valence-corrected chi connectivity index (χ1v) is 14.8. The van der Waals surface area contributed by atoms with Crippen LogP contribution in [0.4, 0.5) is 5.69 Å². The van der Waals surface area contributed by atoms with E-state index in [1.807, 2.05) is 69.3 Å². The summed E-state index contributed by atoms with van der Waals surface area (Å²) in [4.78, 5) is 13.4. The Morgan fingerprint density at radius 1 is 0.738 bits per heavy atom. The van der Waals surface area contributed by atoms with E-state index in [1.165, 1.54) is 30.3 Å². The van der Waals surface area contributed by atoms with E-state index in [1.54, 1.807) is 18.2 Å². The van der Waals surface area contributed by atoms with Crippen LogP contribution in [0.1, 0.15) is 47.8 Å². The van der Waals surface area contributed by atoms with Gasteiger partial charge in [-0.3, -0.25) is 4.79 Å². The normalized spacial score (nSPS) is 11.9. The predicted molar refractivity (Wildman–Crippen MR) is 163 cm³/mol. The van der Waals surface area contributed by atoms with Crippen LogP contribution in [0.25, 0.3) is 10.8 Å². The molecule has 0 bridgehead atoms. The van der Waals surface area contributed by atoms with Gasteiger partial charge in [0.1, 0.15) is 0 Å². The standard InChI is InChI=1S/C34H31NO6S/c1-34(2,3)28-10-6-7-11-29(28)42(40,41)26-16-14-25(15-17-26)35-33(39)27-20-24(30(36)32(38)31(27)37)19-21-12-13-22-8-4-5-9-23(22)18-21/h4-18,20,36-38H,19H2,1-3H3,(H,35,39). The predicted octanol–water partition coefficient (Wildman–Crippen LogP) is 6.93. The molecule has 0 aromatic heterocycles. The Hall–Kier alpha value is -4.82. The summed E-state index contributed by atoms with van der Waals surface area (Å²) in [6.45, 7) is 5.84. The molecular weight excluding hydrogens is 550 g/mol. The van der Waals surface area contributed by atoms with Crippen LogP contribution in [0.15, 0.2) is 107 Å². The van der Waals surface area contributed by atoms with E-state index in [4.69, 9.17) is 0 Å². The molecule has 5 aromatic carbocycles.